The SMILES string of the molecule is CC(=O)OCC1OC(Oc2ncccn2)C(OC(C)=O)C1OC(C)=O. The summed E-state index contributed by atoms with van der Waals surface area (Å²) in [6.07, 6.45) is -1.21. The van der Waals surface area contributed by atoms with Crippen LogP contribution in [-0.2, 0) is 33.3 Å². The third-order valence-electron chi connectivity index (χ3n) is 3.09. The zero-order valence-electron chi connectivity index (χ0n) is 13.9. The van der Waals surface area contributed by atoms with Gasteiger partial charge in [-0.1, -0.05) is 0 Å². The number of nitrogens with zero attached hydrogens (tertiary/aromatic N) is 2. The van der Waals surface area contributed by atoms with Crippen molar-refractivity contribution in [2.75, 3.05) is 6.61 Å². The Morgan fingerprint density at radius 3 is 2.16 bits per heavy atom. The van der Waals surface area contributed by atoms with Gasteiger partial charge in [-0.2, -0.15) is 0 Å². The van der Waals surface area contributed by atoms with Crippen LogP contribution < -0.4 is 4.74 Å². The van der Waals surface area contributed by atoms with E-state index in [2.05, 4.69) is 9.97 Å². The topological polar surface area (TPSA) is 123 Å². The Bertz CT molecular complexity index is 623. The van der Waals surface area contributed by atoms with Crippen molar-refractivity contribution >= 4 is 17.9 Å². The number of ether oxygens (including phenoxy) is 5. The molecule has 0 spiro atoms. The minimum atomic E-state index is -1.14. The van der Waals surface area contributed by atoms with E-state index in [1.807, 2.05) is 0 Å². The third kappa shape index (κ3) is 5.38. The number of carbonyl (C=O) groups is 3. The minimum absolute atomic E-state index is 0.0145. The Hall–Kier alpha value is -2.75. The fourth-order valence-corrected chi connectivity index (χ4v) is 2.22. The lowest BCUT2D eigenvalue weighted by Gasteiger charge is -2.22. The first-order valence-electron chi connectivity index (χ1n) is 7.43. The van der Waals surface area contributed by atoms with Gasteiger partial charge in [-0.25, -0.2) is 9.97 Å². The van der Waals surface area contributed by atoms with E-state index in [1.54, 1.807) is 6.07 Å². The average molecular weight is 354 g/mol. The summed E-state index contributed by atoms with van der Waals surface area (Å²) in [6, 6.07) is 1.58. The van der Waals surface area contributed by atoms with Crippen LogP contribution in [0.2, 0.25) is 0 Å². The van der Waals surface area contributed by atoms with Crippen LogP contribution in [0.15, 0.2) is 18.5 Å². The van der Waals surface area contributed by atoms with E-state index in [9.17, 15) is 14.4 Å². The molecule has 10 nitrogen and oxygen atoms in total. The molecule has 10 heteroatoms. The maximum Gasteiger partial charge on any atom is 0.318 e. The zero-order valence-corrected chi connectivity index (χ0v) is 13.9. The number of rotatable bonds is 6. The van der Waals surface area contributed by atoms with Crippen LogP contribution in [-0.4, -0.2) is 59.1 Å². The predicted molar refractivity (Wildman–Crippen MR) is 79.1 cm³/mol. The van der Waals surface area contributed by atoms with Gasteiger partial charge in [-0.3, -0.25) is 14.4 Å². The number of carbonyl (C=O) groups excluding carboxylic acids is 3. The van der Waals surface area contributed by atoms with Crippen molar-refractivity contribution in [3.63, 3.8) is 0 Å². The molecule has 1 aliphatic rings. The standard InChI is InChI=1S/C15H18N2O8/c1-8(18)21-7-11-12(22-9(2)19)13(23-10(3)20)14(24-11)25-15-16-5-4-6-17-15/h4-6,11-14H,7H2,1-3H3. The maximum absolute atomic E-state index is 11.4. The lowest BCUT2D eigenvalue weighted by atomic mass is 10.1. The summed E-state index contributed by atoms with van der Waals surface area (Å²) in [5, 5.41) is 0. The fraction of sp³-hybridized carbons (Fsp3) is 0.533. The van der Waals surface area contributed by atoms with Gasteiger partial charge in [0, 0.05) is 33.2 Å². The predicted octanol–water partition coefficient (Wildman–Crippen LogP) is 0.00680. The molecule has 0 saturated carbocycles. The second kappa shape index (κ2) is 8.38. The molecule has 2 rings (SSSR count). The second-order valence-electron chi connectivity index (χ2n) is 5.14. The molecule has 1 aliphatic heterocycles. The van der Waals surface area contributed by atoms with Crippen molar-refractivity contribution in [2.45, 2.75) is 45.4 Å². The molecule has 0 bridgehead atoms. The van der Waals surface area contributed by atoms with E-state index >= 15 is 0 Å². The molecule has 0 amide bonds. The largest absolute Gasteiger partial charge is 0.463 e. The molecule has 0 radical (unpaired) electrons. The van der Waals surface area contributed by atoms with Gasteiger partial charge in [0.1, 0.15) is 12.7 Å². The van der Waals surface area contributed by atoms with Gasteiger partial charge in [0.25, 0.3) is 0 Å². The van der Waals surface area contributed by atoms with Gasteiger partial charge in [-0.05, 0) is 6.07 Å². The van der Waals surface area contributed by atoms with Crippen molar-refractivity contribution < 1.29 is 38.1 Å². The highest BCUT2D eigenvalue weighted by Gasteiger charge is 2.51. The van der Waals surface area contributed by atoms with Crippen LogP contribution in [0.4, 0.5) is 0 Å². The molecule has 1 fully saturated rings. The van der Waals surface area contributed by atoms with E-state index in [-0.39, 0.29) is 12.6 Å². The third-order valence-corrected chi connectivity index (χ3v) is 3.09. The fourth-order valence-electron chi connectivity index (χ4n) is 2.22. The summed E-state index contributed by atoms with van der Waals surface area (Å²) in [5.74, 6) is -1.78. The van der Waals surface area contributed by atoms with E-state index in [0.29, 0.717) is 0 Å². The Kier molecular flexibility index (Phi) is 6.23. The highest BCUT2D eigenvalue weighted by molar-refractivity contribution is 5.68. The zero-order chi connectivity index (χ0) is 18.4. The summed E-state index contributed by atoms with van der Waals surface area (Å²) < 4.78 is 26.4. The van der Waals surface area contributed by atoms with E-state index in [1.165, 1.54) is 33.2 Å². The van der Waals surface area contributed by atoms with Crippen LogP contribution in [0.3, 0.4) is 0 Å². The lowest BCUT2D eigenvalue weighted by Crippen LogP contribution is -2.42. The van der Waals surface area contributed by atoms with Gasteiger partial charge in [0.15, 0.2) is 6.10 Å². The van der Waals surface area contributed by atoms with Crippen molar-refractivity contribution in [1.82, 2.24) is 9.97 Å². The Morgan fingerprint density at radius 2 is 1.60 bits per heavy atom. The van der Waals surface area contributed by atoms with Crippen molar-refractivity contribution in [1.29, 1.82) is 0 Å². The Balaban J connectivity index is 2.21. The van der Waals surface area contributed by atoms with Crippen LogP contribution in [0.25, 0.3) is 0 Å². The molecule has 4 atom stereocenters. The number of hydrogen-bond acceptors (Lipinski definition) is 10. The van der Waals surface area contributed by atoms with Crippen molar-refractivity contribution in [3.05, 3.63) is 18.5 Å². The smallest absolute Gasteiger partial charge is 0.318 e. The van der Waals surface area contributed by atoms with Crippen LogP contribution in [0, 0.1) is 0 Å². The Labute approximate surface area is 143 Å². The molecule has 0 N–H and O–H groups in total. The molecule has 1 aromatic rings. The minimum Gasteiger partial charge on any atom is -0.463 e. The Morgan fingerprint density at radius 1 is 1.00 bits per heavy atom. The summed E-state index contributed by atoms with van der Waals surface area (Å²) in [7, 11) is 0. The molecule has 136 valence electrons. The van der Waals surface area contributed by atoms with E-state index in [0.717, 1.165) is 0 Å². The van der Waals surface area contributed by atoms with E-state index < -0.39 is 42.5 Å². The molecular weight excluding hydrogens is 336 g/mol. The molecule has 1 aromatic heterocycles. The van der Waals surface area contributed by atoms with Gasteiger partial charge in [0.2, 0.25) is 12.4 Å². The number of esters is 3. The summed E-state index contributed by atoms with van der Waals surface area (Å²) in [4.78, 5) is 41.6. The molecule has 4 unspecified atom stereocenters. The number of aromatic nitrogens is 2. The first kappa shape index (κ1) is 18.6. The van der Waals surface area contributed by atoms with Gasteiger partial charge < -0.3 is 23.7 Å². The normalized spacial score (nSPS) is 25.1. The van der Waals surface area contributed by atoms with Crippen molar-refractivity contribution in [3.8, 4) is 6.01 Å². The lowest BCUT2D eigenvalue weighted by molar-refractivity contribution is -0.171. The highest BCUT2D eigenvalue weighted by atomic mass is 16.7. The first-order valence-corrected chi connectivity index (χ1v) is 7.43. The molecule has 0 aliphatic carbocycles. The molecule has 1 saturated heterocycles. The molecule has 0 aromatic carbocycles. The van der Waals surface area contributed by atoms with Gasteiger partial charge in [0.05, 0.1) is 0 Å². The summed E-state index contributed by atoms with van der Waals surface area (Å²) in [6.45, 7) is 3.41. The van der Waals surface area contributed by atoms with Crippen LogP contribution >= 0.6 is 0 Å². The van der Waals surface area contributed by atoms with Crippen LogP contribution in [0.1, 0.15) is 20.8 Å². The maximum atomic E-state index is 11.4. The second-order valence-corrected chi connectivity index (χ2v) is 5.14. The summed E-state index contributed by atoms with van der Waals surface area (Å²) in [5.41, 5.74) is 0. The average Bonchev–Trinajstić information content (AvgIpc) is 2.82. The van der Waals surface area contributed by atoms with E-state index in [4.69, 9.17) is 23.7 Å². The summed E-state index contributed by atoms with van der Waals surface area (Å²) >= 11 is 0. The van der Waals surface area contributed by atoms with Crippen LogP contribution in [0.5, 0.6) is 6.01 Å². The quantitative estimate of drug-likeness (QED) is 0.509. The van der Waals surface area contributed by atoms with Crippen molar-refractivity contribution in [2.24, 2.45) is 0 Å². The monoisotopic (exact) mass is 354 g/mol. The van der Waals surface area contributed by atoms with Gasteiger partial charge in [-0.15, -0.1) is 0 Å². The molecule has 25 heavy (non-hydrogen) atoms. The molecule has 2 heterocycles. The highest BCUT2D eigenvalue weighted by Crippen LogP contribution is 2.28. The molecular formula is C15H18N2O8. The van der Waals surface area contributed by atoms with Gasteiger partial charge >= 0.3 is 23.9 Å². The number of hydrogen-bond donors (Lipinski definition) is 0. The first-order chi connectivity index (χ1) is 11.9.